The Balaban J connectivity index is 1.52. The number of anilines is 3. The van der Waals surface area contributed by atoms with Gasteiger partial charge in [-0.15, -0.1) is 0 Å². The number of hydrogen-bond acceptors (Lipinski definition) is 6. The maximum atomic E-state index is 10.8. The van der Waals surface area contributed by atoms with Crippen molar-refractivity contribution in [1.82, 2.24) is 0 Å². The van der Waals surface area contributed by atoms with Crippen LogP contribution in [0.4, 0.5) is 17.1 Å². The number of benzene rings is 3. The maximum Gasteiger partial charge on any atom is 0.0715 e. The van der Waals surface area contributed by atoms with Gasteiger partial charge >= 0.3 is 0 Å². The van der Waals surface area contributed by atoms with E-state index in [9.17, 15) is 9.90 Å². The summed E-state index contributed by atoms with van der Waals surface area (Å²) in [4.78, 5) is 13.2. The van der Waals surface area contributed by atoms with Crippen LogP contribution in [0.25, 0.3) is 0 Å². The standard InChI is InChI=1S/C21H17N3O2S/c1-13(23-24-16-9-6-14(7-10-16)21(25)26)15-8-11-20-18(12-15)22-17-4-2-3-5-19(17)27-20/h2-12,22,24H,1H3,(H,25,26)/p-1/b23-13-. The Morgan fingerprint density at radius 1 is 0.963 bits per heavy atom. The zero-order valence-electron chi connectivity index (χ0n) is 14.5. The molecule has 0 radical (unpaired) electrons. The molecule has 0 atom stereocenters. The van der Waals surface area contributed by atoms with Crippen LogP contribution in [0.1, 0.15) is 22.8 Å². The second-order valence-corrected chi connectivity index (χ2v) is 7.19. The van der Waals surface area contributed by atoms with Gasteiger partial charge in [0.1, 0.15) is 0 Å². The minimum atomic E-state index is -1.19. The van der Waals surface area contributed by atoms with Crippen molar-refractivity contribution in [2.45, 2.75) is 16.7 Å². The summed E-state index contributed by atoms with van der Waals surface area (Å²) < 4.78 is 0. The molecule has 3 aromatic carbocycles. The second kappa shape index (κ2) is 7.17. The van der Waals surface area contributed by atoms with E-state index in [4.69, 9.17) is 0 Å². The molecule has 2 N–H and O–H groups in total. The highest BCUT2D eigenvalue weighted by Crippen LogP contribution is 2.44. The summed E-state index contributed by atoms with van der Waals surface area (Å²) in [5.74, 6) is -1.19. The van der Waals surface area contributed by atoms with Crippen LogP contribution >= 0.6 is 11.8 Å². The molecule has 0 saturated carbocycles. The van der Waals surface area contributed by atoms with Gasteiger partial charge in [0.05, 0.1) is 28.7 Å². The lowest BCUT2D eigenvalue weighted by Gasteiger charge is -2.21. The number of aromatic carboxylic acids is 1. The van der Waals surface area contributed by atoms with E-state index in [2.05, 4.69) is 40.1 Å². The molecule has 134 valence electrons. The summed E-state index contributed by atoms with van der Waals surface area (Å²) in [6.45, 7) is 1.92. The lowest BCUT2D eigenvalue weighted by molar-refractivity contribution is -0.255. The van der Waals surface area contributed by atoms with Gasteiger partial charge in [0.15, 0.2) is 0 Å². The first-order valence-corrected chi connectivity index (χ1v) is 9.22. The number of carbonyl (C=O) groups excluding carboxylic acids is 1. The van der Waals surface area contributed by atoms with Crippen molar-refractivity contribution in [2.24, 2.45) is 5.10 Å². The number of hydrazone groups is 1. The molecule has 0 fully saturated rings. The van der Waals surface area contributed by atoms with Gasteiger partial charge in [-0.05, 0) is 54.4 Å². The van der Waals surface area contributed by atoms with Crippen molar-refractivity contribution in [3.05, 3.63) is 77.9 Å². The van der Waals surface area contributed by atoms with Gasteiger partial charge in [-0.1, -0.05) is 42.1 Å². The summed E-state index contributed by atoms with van der Waals surface area (Å²) in [6.07, 6.45) is 0. The predicted molar refractivity (Wildman–Crippen MR) is 107 cm³/mol. The van der Waals surface area contributed by atoms with Crippen LogP contribution in [0.3, 0.4) is 0 Å². The Morgan fingerprint density at radius 3 is 2.44 bits per heavy atom. The summed E-state index contributed by atoms with van der Waals surface area (Å²) in [5, 5.41) is 18.7. The third-order valence-corrected chi connectivity index (χ3v) is 5.40. The number of carboxylic acids is 1. The highest BCUT2D eigenvalue weighted by atomic mass is 32.2. The van der Waals surface area contributed by atoms with Gasteiger partial charge in [-0.2, -0.15) is 5.10 Å². The Morgan fingerprint density at radius 2 is 1.67 bits per heavy atom. The topological polar surface area (TPSA) is 76.5 Å². The van der Waals surface area contributed by atoms with Crippen molar-refractivity contribution >= 4 is 40.5 Å². The van der Waals surface area contributed by atoms with E-state index in [1.165, 1.54) is 21.9 Å². The van der Waals surface area contributed by atoms with Gasteiger partial charge < -0.3 is 15.2 Å². The number of carboxylic acid groups (broad SMARTS) is 1. The molecule has 27 heavy (non-hydrogen) atoms. The number of para-hydroxylation sites is 1. The number of nitrogens with one attached hydrogen (secondary N) is 2. The zero-order valence-corrected chi connectivity index (χ0v) is 15.3. The highest BCUT2D eigenvalue weighted by Gasteiger charge is 2.15. The normalized spacial score (nSPS) is 12.6. The van der Waals surface area contributed by atoms with Crippen LogP contribution in [0.5, 0.6) is 0 Å². The SMILES string of the molecule is C/C(=N/Nc1ccc(C(=O)[O-])cc1)c1ccc2c(c1)Nc1ccccc1S2. The largest absolute Gasteiger partial charge is 0.545 e. The van der Waals surface area contributed by atoms with Crippen molar-refractivity contribution in [2.75, 3.05) is 10.7 Å². The molecule has 0 bridgehead atoms. The molecular formula is C21H16N3O2S-. The molecule has 4 rings (SSSR count). The van der Waals surface area contributed by atoms with Crippen molar-refractivity contribution in [3.8, 4) is 0 Å². The van der Waals surface area contributed by atoms with E-state index in [0.717, 1.165) is 22.6 Å². The summed E-state index contributed by atoms with van der Waals surface area (Å²) >= 11 is 1.75. The summed E-state index contributed by atoms with van der Waals surface area (Å²) in [5.41, 5.74) is 7.79. The smallest absolute Gasteiger partial charge is 0.0715 e. The molecule has 6 heteroatoms. The van der Waals surface area contributed by atoms with Gasteiger partial charge in [0.25, 0.3) is 0 Å². The molecule has 1 aliphatic rings. The van der Waals surface area contributed by atoms with Crippen LogP contribution in [-0.2, 0) is 0 Å². The Bertz CT molecular complexity index is 1050. The van der Waals surface area contributed by atoms with Gasteiger partial charge in [0.2, 0.25) is 0 Å². The summed E-state index contributed by atoms with van der Waals surface area (Å²) in [6, 6.07) is 20.7. The van der Waals surface area contributed by atoms with Crippen LogP contribution in [0.15, 0.2) is 81.6 Å². The number of nitrogens with zero attached hydrogens (tertiary/aromatic N) is 1. The van der Waals surface area contributed by atoms with Crippen LogP contribution in [-0.4, -0.2) is 11.7 Å². The molecule has 0 unspecified atom stereocenters. The van der Waals surface area contributed by atoms with Crippen molar-refractivity contribution in [3.63, 3.8) is 0 Å². The fourth-order valence-corrected chi connectivity index (χ4v) is 3.73. The zero-order chi connectivity index (χ0) is 18.8. The quantitative estimate of drug-likeness (QED) is 0.415. The fraction of sp³-hybridized carbons (Fsp3) is 0.0476. The number of hydrogen-bond donors (Lipinski definition) is 2. The second-order valence-electron chi connectivity index (χ2n) is 6.11. The monoisotopic (exact) mass is 374 g/mol. The van der Waals surface area contributed by atoms with E-state index in [1.807, 2.05) is 25.1 Å². The first-order chi connectivity index (χ1) is 13.1. The molecule has 0 amide bonds. The fourth-order valence-electron chi connectivity index (χ4n) is 2.76. The van der Waals surface area contributed by atoms with E-state index in [0.29, 0.717) is 5.69 Å². The Kier molecular flexibility index (Phi) is 4.56. The average molecular weight is 374 g/mol. The lowest BCUT2D eigenvalue weighted by Crippen LogP contribution is -2.21. The lowest BCUT2D eigenvalue weighted by atomic mass is 10.1. The molecule has 0 spiro atoms. The predicted octanol–water partition coefficient (Wildman–Crippen LogP) is 4.09. The van der Waals surface area contributed by atoms with Gasteiger partial charge in [0, 0.05) is 9.79 Å². The van der Waals surface area contributed by atoms with E-state index < -0.39 is 5.97 Å². The Hall–Kier alpha value is -3.25. The highest BCUT2D eigenvalue weighted by molar-refractivity contribution is 7.99. The van der Waals surface area contributed by atoms with Crippen LogP contribution in [0.2, 0.25) is 0 Å². The van der Waals surface area contributed by atoms with Crippen LogP contribution in [0, 0.1) is 0 Å². The third kappa shape index (κ3) is 3.66. The molecule has 1 heterocycles. The maximum absolute atomic E-state index is 10.8. The molecule has 3 aromatic rings. The van der Waals surface area contributed by atoms with Crippen molar-refractivity contribution in [1.29, 1.82) is 0 Å². The molecule has 5 nitrogen and oxygen atoms in total. The average Bonchev–Trinajstić information content (AvgIpc) is 2.70. The van der Waals surface area contributed by atoms with Gasteiger partial charge in [-0.25, -0.2) is 0 Å². The Labute approximate surface area is 161 Å². The van der Waals surface area contributed by atoms with E-state index in [1.54, 1.807) is 23.9 Å². The minimum Gasteiger partial charge on any atom is -0.545 e. The molecule has 1 aliphatic heterocycles. The molecular weight excluding hydrogens is 358 g/mol. The number of carbonyl (C=O) groups is 1. The first-order valence-electron chi connectivity index (χ1n) is 8.40. The molecule has 0 aromatic heterocycles. The third-order valence-electron chi connectivity index (χ3n) is 4.25. The number of fused-ring (bicyclic) bond motifs is 2. The van der Waals surface area contributed by atoms with E-state index in [-0.39, 0.29) is 5.56 Å². The molecule has 0 aliphatic carbocycles. The first kappa shape index (κ1) is 17.2. The van der Waals surface area contributed by atoms with Gasteiger partial charge in [-0.3, -0.25) is 5.43 Å². The molecule has 0 saturated heterocycles. The number of rotatable bonds is 4. The van der Waals surface area contributed by atoms with Crippen LogP contribution < -0.4 is 15.8 Å². The van der Waals surface area contributed by atoms with Crippen molar-refractivity contribution < 1.29 is 9.90 Å². The van der Waals surface area contributed by atoms with E-state index >= 15 is 0 Å². The minimum absolute atomic E-state index is 0.139. The summed E-state index contributed by atoms with van der Waals surface area (Å²) in [7, 11) is 0.